The molecule has 1 amide bonds. The molecule has 0 saturated heterocycles. The summed E-state index contributed by atoms with van der Waals surface area (Å²) in [4.78, 5) is 22.7. The lowest BCUT2D eigenvalue weighted by molar-refractivity contribution is -0.122. The van der Waals surface area contributed by atoms with E-state index >= 15 is 0 Å². The van der Waals surface area contributed by atoms with Crippen molar-refractivity contribution in [3.63, 3.8) is 0 Å². The van der Waals surface area contributed by atoms with Gasteiger partial charge in [-0.1, -0.05) is 0 Å². The minimum Gasteiger partial charge on any atom is -0.478 e. The van der Waals surface area contributed by atoms with Crippen LogP contribution >= 0.6 is 0 Å². The Morgan fingerprint density at radius 3 is 2.82 bits per heavy atom. The van der Waals surface area contributed by atoms with Gasteiger partial charge in [0, 0.05) is 31.9 Å². The SMILES string of the molecule is CCn1nccc1C(C)NC(=O)CCn1cc(C(=O)O)cn1. The highest BCUT2D eigenvalue weighted by molar-refractivity contribution is 5.86. The van der Waals surface area contributed by atoms with Crippen molar-refractivity contribution in [2.45, 2.75) is 39.4 Å². The van der Waals surface area contributed by atoms with Gasteiger partial charge in [-0.3, -0.25) is 14.2 Å². The van der Waals surface area contributed by atoms with Gasteiger partial charge in [0.1, 0.15) is 0 Å². The fourth-order valence-corrected chi connectivity index (χ4v) is 2.17. The van der Waals surface area contributed by atoms with Crippen LogP contribution in [0.2, 0.25) is 0 Å². The van der Waals surface area contributed by atoms with E-state index in [0.29, 0.717) is 6.54 Å². The van der Waals surface area contributed by atoms with Crippen LogP contribution in [0.15, 0.2) is 24.7 Å². The Labute approximate surface area is 127 Å². The number of hydrogen-bond donors (Lipinski definition) is 2. The van der Waals surface area contributed by atoms with Gasteiger partial charge in [0.2, 0.25) is 5.91 Å². The molecule has 2 aromatic heterocycles. The van der Waals surface area contributed by atoms with E-state index in [1.54, 1.807) is 6.20 Å². The molecular formula is C14H19N5O3. The number of carboxylic acid groups (broad SMARTS) is 1. The molecule has 0 saturated carbocycles. The van der Waals surface area contributed by atoms with Crippen LogP contribution in [0.4, 0.5) is 0 Å². The van der Waals surface area contributed by atoms with Crippen molar-refractivity contribution in [2.75, 3.05) is 0 Å². The molecule has 2 aromatic rings. The number of carbonyl (C=O) groups excluding carboxylic acids is 1. The van der Waals surface area contributed by atoms with Crippen molar-refractivity contribution < 1.29 is 14.7 Å². The summed E-state index contributed by atoms with van der Waals surface area (Å²) in [6.45, 7) is 4.97. The quantitative estimate of drug-likeness (QED) is 0.796. The maximum absolute atomic E-state index is 12.0. The van der Waals surface area contributed by atoms with Crippen LogP contribution < -0.4 is 5.32 Å². The first-order valence-corrected chi connectivity index (χ1v) is 7.08. The van der Waals surface area contributed by atoms with Gasteiger partial charge in [-0.05, 0) is 19.9 Å². The zero-order valence-corrected chi connectivity index (χ0v) is 12.6. The van der Waals surface area contributed by atoms with Crippen LogP contribution in [-0.2, 0) is 17.9 Å². The summed E-state index contributed by atoms with van der Waals surface area (Å²) >= 11 is 0. The Bertz CT molecular complexity index is 661. The average molecular weight is 305 g/mol. The number of hydrogen-bond acceptors (Lipinski definition) is 4. The van der Waals surface area contributed by atoms with E-state index in [9.17, 15) is 9.59 Å². The Kier molecular flexibility index (Phi) is 4.92. The summed E-state index contributed by atoms with van der Waals surface area (Å²) in [5.41, 5.74) is 1.06. The second-order valence-corrected chi connectivity index (χ2v) is 4.91. The molecule has 1 unspecified atom stereocenters. The fourth-order valence-electron chi connectivity index (χ4n) is 2.17. The number of aromatic nitrogens is 4. The monoisotopic (exact) mass is 305 g/mol. The molecule has 8 heteroatoms. The van der Waals surface area contributed by atoms with E-state index in [2.05, 4.69) is 15.5 Å². The van der Waals surface area contributed by atoms with Crippen LogP contribution in [0.1, 0.15) is 42.4 Å². The molecule has 118 valence electrons. The number of aromatic carboxylic acids is 1. The highest BCUT2D eigenvalue weighted by atomic mass is 16.4. The standard InChI is InChI=1S/C14H19N5O3/c1-3-19-12(4-6-15-19)10(2)17-13(20)5-7-18-9-11(8-16-18)14(21)22/h4,6,8-10H,3,5,7H2,1-2H3,(H,17,20)(H,21,22). The first-order valence-electron chi connectivity index (χ1n) is 7.08. The molecule has 0 fully saturated rings. The molecule has 0 aliphatic carbocycles. The summed E-state index contributed by atoms with van der Waals surface area (Å²) in [6.07, 6.45) is 4.61. The van der Waals surface area contributed by atoms with Crippen LogP contribution in [-0.4, -0.2) is 36.5 Å². The number of carboxylic acids is 1. The van der Waals surface area contributed by atoms with Gasteiger partial charge in [0.15, 0.2) is 0 Å². The van der Waals surface area contributed by atoms with E-state index in [4.69, 9.17) is 5.11 Å². The molecule has 0 radical (unpaired) electrons. The molecule has 0 aromatic carbocycles. The second kappa shape index (κ2) is 6.88. The predicted octanol–water partition coefficient (Wildman–Crippen LogP) is 1.07. The van der Waals surface area contributed by atoms with Gasteiger partial charge in [-0.25, -0.2) is 4.79 Å². The molecule has 2 rings (SSSR count). The predicted molar refractivity (Wildman–Crippen MR) is 78.3 cm³/mol. The number of nitrogens with one attached hydrogen (secondary N) is 1. The lowest BCUT2D eigenvalue weighted by Crippen LogP contribution is -2.29. The van der Waals surface area contributed by atoms with Crippen molar-refractivity contribution in [3.05, 3.63) is 35.9 Å². The van der Waals surface area contributed by atoms with E-state index in [0.717, 1.165) is 12.2 Å². The Balaban J connectivity index is 1.86. The molecule has 1 atom stereocenters. The van der Waals surface area contributed by atoms with Crippen LogP contribution in [0.25, 0.3) is 0 Å². The number of carbonyl (C=O) groups is 2. The average Bonchev–Trinajstić information content (AvgIpc) is 3.13. The lowest BCUT2D eigenvalue weighted by Gasteiger charge is -2.15. The topological polar surface area (TPSA) is 102 Å². The maximum Gasteiger partial charge on any atom is 0.338 e. The van der Waals surface area contributed by atoms with Gasteiger partial charge in [-0.15, -0.1) is 0 Å². The molecule has 0 aliphatic heterocycles. The van der Waals surface area contributed by atoms with E-state index in [1.807, 2.05) is 24.6 Å². The van der Waals surface area contributed by atoms with Gasteiger partial charge in [0.25, 0.3) is 0 Å². The molecule has 0 aliphatic rings. The van der Waals surface area contributed by atoms with Crippen LogP contribution in [0.5, 0.6) is 0 Å². The van der Waals surface area contributed by atoms with Crippen molar-refractivity contribution >= 4 is 11.9 Å². The van der Waals surface area contributed by atoms with Crippen molar-refractivity contribution in [2.24, 2.45) is 0 Å². The zero-order valence-electron chi connectivity index (χ0n) is 12.6. The van der Waals surface area contributed by atoms with Crippen molar-refractivity contribution in [3.8, 4) is 0 Å². The fraction of sp³-hybridized carbons (Fsp3) is 0.429. The Morgan fingerprint density at radius 1 is 1.41 bits per heavy atom. The number of rotatable bonds is 7. The van der Waals surface area contributed by atoms with Gasteiger partial charge >= 0.3 is 5.97 Å². The Morgan fingerprint density at radius 2 is 2.18 bits per heavy atom. The lowest BCUT2D eigenvalue weighted by atomic mass is 10.2. The van der Waals surface area contributed by atoms with Crippen LogP contribution in [0, 0.1) is 0 Å². The number of aryl methyl sites for hydroxylation is 2. The van der Waals surface area contributed by atoms with E-state index in [-0.39, 0.29) is 23.9 Å². The van der Waals surface area contributed by atoms with Gasteiger partial charge < -0.3 is 10.4 Å². The smallest absolute Gasteiger partial charge is 0.338 e. The minimum absolute atomic E-state index is 0.112. The third-order valence-electron chi connectivity index (χ3n) is 3.32. The first kappa shape index (κ1) is 15.7. The molecule has 2 heterocycles. The maximum atomic E-state index is 12.0. The third-order valence-corrected chi connectivity index (χ3v) is 3.32. The summed E-state index contributed by atoms with van der Waals surface area (Å²) < 4.78 is 3.28. The largest absolute Gasteiger partial charge is 0.478 e. The first-order chi connectivity index (χ1) is 10.5. The van der Waals surface area contributed by atoms with Gasteiger partial charge in [0.05, 0.1) is 23.5 Å². The molecule has 0 bridgehead atoms. The van der Waals surface area contributed by atoms with Crippen molar-refractivity contribution in [1.29, 1.82) is 0 Å². The number of amides is 1. The molecule has 22 heavy (non-hydrogen) atoms. The van der Waals surface area contributed by atoms with Gasteiger partial charge in [-0.2, -0.15) is 10.2 Å². The normalized spacial score (nSPS) is 12.1. The van der Waals surface area contributed by atoms with Crippen molar-refractivity contribution in [1.82, 2.24) is 24.9 Å². The zero-order chi connectivity index (χ0) is 16.1. The molecule has 2 N–H and O–H groups in total. The van der Waals surface area contributed by atoms with Crippen LogP contribution in [0.3, 0.4) is 0 Å². The second-order valence-electron chi connectivity index (χ2n) is 4.91. The van der Waals surface area contributed by atoms with E-state index < -0.39 is 5.97 Å². The number of nitrogens with zero attached hydrogens (tertiary/aromatic N) is 4. The minimum atomic E-state index is -1.03. The summed E-state index contributed by atoms with van der Waals surface area (Å²) in [5, 5.41) is 19.8. The molecule has 8 nitrogen and oxygen atoms in total. The molecule has 0 spiro atoms. The highest BCUT2D eigenvalue weighted by Crippen LogP contribution is 2.11. The Hall–Kier alpha value is -2.64. The summed E-state index contributed by atoms with van der Waals surface area (Å²) in [6, 6.07) is 1.74. The van der Waals surface area contributed by atoms with E-state index in [1.165, 1.54) is 17.1 Å². The molecular weight excluding hydrogens is 286 g/mol. The summed E-state index contributed by atoms with van der Waals surface area (Å²) in [7, 11) is 0. The summed E-state index contributed by atoms with van der Waals surface area (Å²) in [5.74, 6) is -1.15. The highest BCUT2D eigenvalue weighted by Gasteiger charge is 2.14. The third kappa shape index (κ3) is 3.72.